The quantitative estimate of drug-likeness (QED) is 0.833. The number of fused-ring (bicyclic) bond motifs is 3. The second-order valence-electron chi connectivity index (χ2n) is 6.14. The first-order valence-electron chi connectivity index (χ1n) is 6.96. The fraction of sp³-hybridized carbons (Fsp3) is 0.500. The first-order chi connectivity index (χ1) is 8.62. The zero-order chi connectivity index (χ0) is 12.8. The normalized spacial score (nSPS) is 15.9. The van der Waals surface area contributed by atoms with Gasteiger partial charge in [0, 0.05) is 28.6 Å². The van der Waals surface area contributed by atoms with Gasteiger partial charge in [0.25, 0.3) is 0 Å². The first kappa shape index (κ1) is 11.8. The maximum Gasteiger partial charge on any atom is 0.0459 e. The molecule has 0 saturated heterocycles. The lowest BCUT2D eigenvalue weighted by atomic mass is 9.83. The molecule has 0 atom stereocenters. The molecule has 0 unspecified atom stereocenters. The van der Waals surface area contributed by atoms with Crippen molar-refractivity contribution >= 4 is 10.9 Å². The summed E-state index contributed by atoms with van der Waals surface area (Å²) in [6, 6.07) is 6.79. The summed E-state index contributed by atoms with van der Waals surface area (Å²) in [5.74, 6) is 0. The number of H-pyrrole nitrogens is 1. The fourth-order valence-corrected chi connectivity index (χ4v) is 2.94. The summed E-state index contributed by atoms with van der Waals surface area (Å²) < 4.78 is 0. The number of aromatic amines is 1. The summed E-state index contributed by atoms with van der Waals surface area (Å²) in [5.41, 5.74) is 11.6. The van der Waals surface area contributed by atoms with Crippen LogP contribution in [0.4, 0.5) is 0 Å². The summed E-state index contributed by atoms with van der Waals surface area (Å²) in [5, 5.41) is 1.42. The van der Waals surface area contributed by atoms with E-state index in [0.29, 0.717) is 6.54 Å². The molecular formula is C16H22N2. The SMILES string of the molecule is CC(C)(CN)c1ccc2[nH]c3c(c2c1)CCCC3. The Balaban J connectivity index is 2.16. The van der Waals surface area contributed by atoms with Crippen LogP contribution in [0, 0.1) is 0 Å². The van der Waals surface area contributed by atoms with Crippen LogP contribution in [0.15, 0.2) is 18.2 Å². The van der Waals surface area contributed by atoms with Gasteiger partial charge in [-0.05, 0) is 48.9 Å². The third-order valence-corrected chi connectivity index (χ3v) is 4.39. The van der Waals surface area contributed by atoms with Crippen molar-refractivity contribution in [2.75, 3.05) is 6.54 Å². The van der Waals surface area contributed by atoms with Gasteiger partial charge in [-0.25, -0.2) is 0 Å². The van der Waals surface area contributed by atoms with Crippen LogP contribution < -0.4 is 5.73 Å². The van der Waals surface area contributed by atoms with Crippen LogP contribution in [0.25, 0.3) is 10.9 Å². The molecular weight excluding hydrogens is 220 g/mol. The molecule has 2 heteroatoms. The van der Waals surface area contributed by atoms with Gasteiger partial charge in [0.15, 0.2) is 0 Å². The topological polar surface area (TPSA) is 41.8 Å². The van der Waals surface area contributed by atoms with E-state index in [0.717, 1.165) is 0 Å². The Bertz CT molecular complexity index is 578. The highest BCUT2D eigenvalue weighted by Gasteiger charge is 2.21. The summed E-state index contributed by atoms with van der Waals surface area (Å²) in [6.45, 7) is 5.12. The van der Waals surface area contributed by atoms with E-state index in [1.54, 1.807) is 5.56 Å². The number of benzene rings is 1. The molecule has 3 N–H and O–H groups in total. The van der Waals surface area contributed by atoms with Crippen molar-refractivity contribution in [3.05, 3.63) is 35.0 Å². The Morgan fingerprint density at radius 2 is 2.00 bits per heavy atom. The van der Waals surface area contributed by atoms with Crippen LogP contribution in [0.2, 0.25) is 0 Å². The van der Waals surface area contributed by atoms with E-state index in [4.69, 9.17) is 5.73 Å². The molecule has 18 heavy (non-hydrogen) atoms. The maximum absolute atomic E-state index is 5.89. The second-order valence-corrected chi connectivity index (χ2v) is 6.14. The molecule has 1 aromatic carbocycles. The van der Waals surface area contributed by atoms with Gasteiger partial charge in [-0.1, -0.05) is 19.9 Å². The molecule has 96 valence electrons. The Hall–Kier alpha value is -1.28. The minimum absolute atomic E-state index is 0.0625. The van der Waals surface area contributed by atoms with Crippen molar-refractivity contribution in [2.45, 2.75) is 44.9 Å². The molecule has 2 aromatic rings. The Kier molecular flexibility index (Phi) is 2.70. The average molecular weight is 242 g/mol. The molecule has 0 fully saturated rings. The molecule has 1 aliphatic rings. The Morgan fingerprint density at radius 1 is 1.22 bits per heavy atom. The molecule has 0 aliphatic heterocycles. The molecule has 1 aliphatic carbocycles. The van der Waals surface area contributed by atoms with Gasteiger partial charge < -0.3 is 10.7 Å². The highest BCUT2D eigenvalue weighted by atomic mass is 14.7. The number of aryl methyl sites for hydroxylation is 2. The molecule has 3 rings (SSSR count). The van der Waals surface area contributed by atoms with E-state index in [1.807, 2.05) is 0 Å². The predicted octanol–water partition coefficient (Wildman–Crippen LogP) is 3.28. The average Bonchev–Trinajstić information content (AvgIpc) is 2.76. The maximum atomic E-state index is 5.89. The third-order valence-electron chi connectivity index (χ3n) is 4.39. The van der Waals surface area contributed by atoms with Crippen LogP contribution in [-0.4, -0.2) is 11.5 Å². The van der Waals surface area contributed by atoms with Crippen molar-refractivity contribution in [3.8, 4) is 0 Å². The van der Waals surface area contributed by atoms with Crippen LogP contribution in [0.5, 0.6) is 0 Å². The van der Waals surface area contributed by atoms with Crippen molar-refractivity contribution < 1.29 is 0 Å². The lowest BCUT2D eigenvalue weighted by Gasteiger charge is -2.23. The first-order valence-corrected chi connectivity index (χ1v) is 6.96. The molecule has 2 nitrogen and oxygen atoms in total. The van der Waals surface area contributed by atoms with Gasteiger partial charge in [-0.2, -0.15) is 0 Å². The zero-order valence-electron chi connectivity index (χ0n) is 11.3. The highest BCUT2D eigenvalue weighted by Crippen LogP contribution is 2.32. The molecule has 0 spiro atoms. The van der Waals surface area contributed by atoms with Crippen molar-refractivity contribution in [1.82, 2.24) is 4.98 Å². The number of nitrogens with one attached hydrogen (secondary N) is 1. The summed E-state index contributed by atoms with van der Waals surface area (Å²) >= 11 is 0. The van der Waals surface area contributed by atoms with Gasteiger partial charge in [-0.15, -0.1) is 0 Å². The molecule has 1 aromatic heterocycles. The van der Waals surface area contributed by atoms with Gasteiger partial charge in [-0.3, -0.25) is 0 Å². The van der Waals surface area contributed by atoms with Crippen molar-refractivity contribution in [2.24, 2.45) is 5.73 Å². The number of nitrogens with two attached hydrogens (primary N) is 1. The smallest absolute Gasteiger partial charge is 0.0459 e. The second kappa shape index (κ2) is 4.13. The summed E-state index contributed by atoms with van der Waals surface area (Å²) in [7, 11) is 0. The van der Waals surface area contributed by atoms with Crippen molar-refractivity contribution in [3.63, 3.8) is 0 Å². The Morgan fingerprint density at radius 3 is 2.78 bits per heavy atom. The Labute approximate surface area is 109 Å². The van der Waals surface area contributed by atoms with Crippen LogP contribution in [0.1, 0.15) is 43.5 Å². The van der Waals surface area contributed by atoms with E-state index >= 15 is 0 Å². The number of hydrogen-bond acceptors (Lipinski definition) is 1. The largest absolute Gasteiger partial charge is 0.358 e. The lowest BCUT2D eigenvalue weighted by molar-refractivity contribution is 0.540. The number of hydrogen-bond donors (Lipinski definition) is 2. The van der Waals surface area contributed by atoms with E-state index in [1.165, 1.54) is 47.8 Å². The van der Waals surface area contributed by atoms with E-state index < -0.39 is 0 Å². The van der Waals surface area contributed by atoms with Gasteiger partial charge >= 0.3 is 0 Å². The lowest BCUT2D eigenvalue weighted by Crippen LogP contribution is -2.27. The minimum Gasteiger partial charge on any atom is -0.358 e. The zero-order valence-corrected chi connectivity index (χ0v) is 11.3. The predicted molar refractivity (Wildman–Crippen MR) is 77.0 cm³/mol. The van der Waals surface area contributed by atoms with Gasteiger partial charge in [0.2, 0.25) is 0 Å². The van der Waals surface area contributed by atoms with Gasteiger partial charge in [0.1, 0.15) is 0 Å². The summed E-state index contributed by atoms with van der Waals surface area (Å²) in [4.78, 5) is 3.58. The van der Waals surface area contributed by atoms with E-state index in [9.17, 15) is 0 Å². The molecule has 0 radical (unpaired) electrons. The van der Waals surface area contributed by atoms with E-state index in [2.05, 4.69) is 37.0 Å². The third kappa shape index (κ3) is 1.76. The fourth-order valence-electron chi connectivity index (χ4n) is 2.94. The molecule has 0 amide bonds. The monoisotopic (exact) mass is 242 g/mol. The van der Waals surface area contributed by atoms with Gasteiger partial charge in [0.05, 0.1) is 0 Å². The number of aromatic nitrogens is 1. The molecule has 0 bridgehead atoms. The van der Waals surface area contributed by atoms with Crippen LogP contribution >= 0.6 is 0 Å². The highest BCUT2D eigenvalue weighted by molar-refractivity contribution is 5.85. The van der Waals surface area contributed by atoms with Crippen LogP contribution in [0.3, 0.4) is 0 Å². The summed E-state index contributed by atoms with van der Waals surface area (Å²) in [6.07, 6.45) is 5.08. The number of rotatable bonds is 2. The van der Waals surface area contributed by atoms with Crippen molar-refractivity contribution in [1.29, 1.82) is 0 Å². The van der Waals surface area contributed by atoms with E-state index in [-0.39, 0.29) is 5.41 Å². The standard InChI is InChI=1S/C16H22N2/c1-16(2,10-17)11-7-8-15-13(9-11)12-5-3-4-6-14(12)18-15/h7-9,18H,3-6,10,17H2,1-2H3. The minimum atomic E-state index is 0.0625. The molecule has 1 heterocycles. The van der Waals surface area contributed by atoms with Crippen LogP contribution in [-0.2, 0) is 18.3 Å². The molecule has 0 saturated carbocycles.